The number of rotatable bonds is 6. The Bertz CT molecular complexity index is 575. The standard InChI is InChI=1S/C18H21NOS/c1-2-17(15-6-4-3-5-7-15)18(20)19(16-8-9-16)12-14-10-11-21-13-14/h3-7,10-11,13,16-17H,2,8-9,12H2,1H3/t17-/m0/s1. The van der Waals surface area contributed by atoms with Crippen LogP contribution in [0.5, 0.6) is 0 Å². The van der Waals surface area contributed by atoms with Crippen LogP contribution in [0.15, 0.2) is 47.2 Å². The van der Waals surface area contributed by atoms with E-state index in [1.807, 2.05) is 18.2 Å². The van der Waals surface area contributed by atoms with Crippen LogP contribution in [0.2, 0.25) is 0 Å². The Morgan fingerprint density at radius 3 is 2.62 bits per heavy atom. The fraction of sp³-hybridized carbons (Fsp3) is 0.389. The third kappa shape index (κ3) is 3.35. The lowest BCUT2D eigenvalue weighted by Crippen LogP contribution is -2.36. The smallest absolute Gasteiger partial charge is 0.230 e. The topological polar surface area (TPSA) is 20.3 Å². The van der Waals surface area contributed by atoms with Crippen molar-refractivity contribution in [3.05, 3.63) is 58.3 Å². The van der Waals surface area contributed by atoms with E-state index in [0.717, 1.165) is 31.4 Å². The van der Waals surface area contributed by atoms with Crippen LogP contribution >= 0.6 is 11.3 Å². The van der Waals surface area contributed by atoms with Crippen LogP contribution in [-0.4, -0.2) is 16.8 Å². The zero-order valence-corrected chi connectivity index (χ0v) is 13.2. The second-order valence-electron chi connectivity index (χ2n) is 5.70. The molecule has 0 bridgehead atoms. The lowest BCUT2D eigenvalue weighted by molar-refractivity contribution is -0.134. The molecule has 110 valence electrons. The van der Waals surface area contributed by atoms with Crippen LogP contribution < -0.4 is 0 Å². The van der Waals surface area contributed by atoms with Crippen molar-refractivity contribution in [2.45, 2.75) is 44.7 Å². The summed E-state index contributed by atoms with van der Waals surface area (Å²) >= 11 is 1.70. The van der Waals surface area contributed by atoms with Gasteiger partial charge >= 0.3 is 0 Å². The van der Waals surface area contributed by atoms with E-state index >= 15 is 0 Å². The van der Waals surface area contributed by atoms with E-state index in [4.69, 9.17) is 0 Å². The summed E-state index contributed by atoms with van der Waals surface area (Å²) in [5.41, 5.74) is 2.39. The summed E-state index contributed by atoms with van der Waals surface area (Å²) in [4.78, 5) is 15.1. The monoisotopic (exact) mass is 299 g/mol. The van der Waals surface area contributed by atoms with Gasteiger partial charge in [0, 0.05) is 12.6 Å². The highest BCUT2D eigenvalue weighted by Crippen LogP contribution is 2.33. The van der Waals surface area contributed by atoms with Gasteiger partial charge in [-0.3, -0.25) is 4.79 Å². The van der Waals surface area contributed by atoms with Gasteiger partial charge in [-0.05, 0) is 47.2 Å². The number of nitrogens with zero attached hydrogens (tertiary/aromatic N) is 1. The Morgan fingerprint density at radius 1 is 1.29 bits per heavy atom. The van der Waals surface area contributed by atoms with Crippen LogP contribution in [0.4, 0.5) is 0 Å². The van der Waals surface area contributed by atoms with Crippen molar-refractivity contribution in [1.29, 1.82) is 0 Å². The molecule has 1 heterocycles. The van der Waals surface area contributed by atoms with E-state index in [0.29, 0.717) is 6.04 Å². The first-order chi connectivity index (χ1) is 10.3. The minimum atomic E-state index is -0.00886. The molecule has 1 aliphatic carbocycles. The molecular weight excluding hydrogens is 278 g/mol. The molecule has 1 aliphatic rings. The summed E-state index contributed by atoms with van der Waals surface area (Å²) in [6, 6.07) is 12.8. The van der Waals surface area contributed by atoms with Crippen molar-refractivity contribution >= 4 is 17.2 Å². The summed E-state index contributed by atoms with van der Waals surface area (Å²) in [5.74, 6) is 0.280. The summed E-state index contributed by atoms with van der Waals surface area (Å²) in [7, 11) is 0. The molecular formula is C18H21NOS. The summed E-state index contributed by atoms with van der Waals surface area (Å²) in [6.45, 7) is 2.86. The van der Waals surface area contributed by atoms with Gasteiger partial charge < -0.3 is 4.90 Å². The molecule has 1 atom stereocenters. The highest BCUT2D eigenvalue weighted by Gasteiger charge is 2.35. The molecule has 0 N–H and O–H groups in total. The van der Waals surface area contributed by atoms with E-state index in [9.17, 15) is 4.79 Å². The van der Waals surface area contributed by atoms with Crippen LogP contribution in [0.3, 0.4) is 0 Å². The second kappa shape index (κ2) is 6.44. The molecule has 0 spiro atoms. The van der Waals surface area contributed by atoms with Crippen LogP contribution in [-0.2, 0) is 11.3 Å². The van der Waals surface area contributed by atoms with Crippen molar-refractivity contribution in [1.82, 2.24) is 4.90 Å². The van der Waals surface area contributed by atoms with Gasteiger partial charge in [0.2, 0.25) is 5.91 Å². The van der Waals surface area contributed by atoms with Crippen molar-refractivity contribution in [2.24, 2.45) is 0 Å². The molecule has 0 radical (unpaired) electrons. The van der Waals surface area contributed by atoms with E-state index in [1.165, 1.54) is 5.56 Å². The Morgan fingerprint density at radius 2 is 2.05 bits per heavy atom. The lowest BCUT2D eigenvalue weighted by Gasteiger charge is -2.27. The van der Waals surface area contributed by atoms with Gasteiger partial charge in [0.15, 0.2) is 0 Å². The minimum Gasteiger partial charge on any atom is -0.335 e. The van der Waals surface area contributed by atoms with Gasteiger partial charge in [-0.15, -0.1) is 0 Å². The number of carbonyl (C=O) groups is 1. The molecule has 1 fully saturated rings. The maximum atomic E-state index is 13.0. The van der Waals surface area contributed by atoms with E-state index in [1.54, 1.807) is 11.3 Å². The largest absolute Gasteiger partial charge is 0.335 e. The van der Waals surface area contributed by atoms with E-state index in [2.05, 4.69) is 40.8 Å². The van der Waals surface area contributed by atoms with Crippen molar-refractivity contribution < 1.29 is 4.79 Å². The highest BCUT2D eigenvalue weighted by atomic mass is 32.1. The number of hydrogen-bond acceptors (Lipinski definition) is 2. The van der Waals surface area contributed by atoms with Gasteiger partial charge in [0.25, 0.3) is 0 Å². The minimum absolute atomic E-state index is 0.00886. The summed E-state index contributed by atoms with van der Waals surface area (Å²) < 4.78 is 0. The van der Waals surface area contributed by atoms with Crippen LogP contribution in [0.25, 0.3) is 0 Å². The van der Waals surface area contributed by atoms with Gasteiger partial charge in [-0.25, -0.2) is 0 Å². The van der Waals surface area contributed by atoms with Gasteiger partial charge in [0.05, 0.1) is 5.92 Å². The average molecular weight is 299 g/mol. The molecule has 21 heavy (non-hydrogen) atoms. The summed E-state index contributed by atoms with van der Waals surface area (Å²) in [5, 5.41) is 4.23. The number of carbonyl (C=O) groups excluding carboxylic acids is 1. The molecule has 1 aromatic carbocycles. The van der Waals surface area contributed by atoms with Gasteiger partial charge in [-0.2, -0.15) is 11.3 Å². The van der Waals surface area contributed by atoms with Gasteiger partial charge in [0.1, 0.15) is 0 Å². The van der Waals surface area contributed by atoms with Crippen molar-refractivity contribution in [3.63, 3.8) is 0 Å². The molecule has 0 unspecified atom stereocenters. The Kier molecular flexibility index (Phi) is 4.39. The molecule has 1 aromatic heterocycles. The third-order valence-corrected chi connectivity index (χ3v) is 4.84. The second-order valence-corrected chi connectivity index (χ2v) is 6.48. The molecule has 0 aliphatic heterocycles. The van der Waals surface area contributed by atoms with Crippen LogP contribution in [0, 0.1) is 0 Å². The predicted octanol–water partition coefficient (Wildman–Crippen LogP) is 4.43. The predicted molar refractivity (Wildman–Crippen MR) is 87.4 cm³/mol. The molecule has 0 saturated heterocycles. The number of benzene rings is 1. The quantitative estimate of drug-likeness (QED) is 0.772. The van der Waals surface area contributed by atoms with Crippen LogP contribution in [0.1, 0.15) is 43.2 Å². The molecule has 1 amide bonds. The Balaban J connectivity index is 1.79. The Hall–Kier alpha value is -1.61. The third-order valence-electron chi connectivity index (χ3n) is 4.11. The van der Waals surface area contributed by atoms with E-state index < -0.39 is 0 Å². The number of amides is 1. The highest BCUT2D eigenvalue weighted by molar-refractivity contribution is 7.07. The average Bonchev–Trinajstić information content (AvgIpc) is 3.23. The Labute approximate surface area is 130 Å². The van der Waals surface area contributed by atoms with E-state index in [-0.39, 0.29) is 11.8 Å². The molecule has 2 nitrogen and oxygen atoms in total. The van der Waals surface area contributed by atoms with Crippen molar-refractivity contribution in [2.75, 3.05) is 0 Å². The first-order valence-electron chi connectivity index (χ1n) is 7.66. The zero-order valence-electron chi connectivity index (χ0n) is 12.4. The fourth-order valence-corrected chi connectivity index (χ4v) is 3.45. The first kappa shape index (κ1) is 14.3. The number of hydrogen-bond donors (Lipinski definition) is 0. The maximum Gasteiger partial charge on any atom is 0.230 e. The SMILES string of the molecule is CC[C@H](C(=O)N(Cc1ccsc1)C1CC1)c1ccccc1. The molecule has 3 heteroatoms. The fourth-order valence-electron chi connectivity index (χ4n) is 2.79. The van der Waals surface area contributed by atoms with Gasteiger partial charge in [-0.1, -0.05) is 37.3 Å². The first-order valence-corrected chi connectivity index (χ1v) is 8.60. The summed E-state index contributed by atoms with van der Waals surface area (Å²) in [6.07, 6.45) is 3.16. The molecule has 1 saturated carbocycles. The normalized spacial score (nSPS) is 15.7. The van der Waals surface area contributed by atoms with Crippen molar-refractivity contribution in [3.8, 4) is 0 Å². The lowest BCUT2D eigenvalue weighted by atomic mass is 9.95. The molecule has 3 rings (SSSR count). The maximum absolute atomic E-state index is 13.0. The number of thiophene rings is 1. The zero-order chi connectivity index (χ0) is 14.7. The molecule has 2 aromatic rings.